The predicted octanol–water partition coefficient (Wildman–Crippen LogP) is 6.10. The quantitative estimate of drug-likeness (QED) is 0.240. The van der Waals surface area contributed by atoms with Crippen LogP contribution in [0.5, 0.6) is 5.75 Å². The molecule has 0 fully saturated rings. The Kier molecular flexibility index (Phi) is 7.65. The van der Waals surface area contributed by atoms with Crippen molar-refractivity contribution in [2.75, 3.05) is 7.11 Å². The Morgan fingerprint density at radius 3 is 1.44 bits per heavy atom. The van der Waals surface area contributed by atoms with E-state index in [1.54, 1.807) is 86.0 Å². The highest BCUT2D eigenvalue weighted by atomic mass is 19.1. The van der Waals surface area contributed by atoms with E-state index < -0.39 is 22.9 Å². The number of ether oxygens (including phenoxy) is 1. The van der Waals surface area contributed by atoms with Crippen LogP contribution >= 0.6 is 0 Å². The molecule has 2 aromatic carbocycles. The van der Waals surface area contributed by atoms with Crippen molar-refractivity contribution in [3.63, 3.8) is 0 Å². The Bertz CT molecular complexity index is 1900. The first-order valence-corrected chi connectivity index (χ1v) is 12.4. The fraction of sp³-hybridized carbons (Fsp3) is 0.0303. The van der Waals surface area contributed by atoms with Crippen LogP contribution in [0.1, 0.15) is 31.8 Å². The summed E-state index contributed by atoms with van der Waals surface area (Å²) in [6, 6.07) is 28.9. The molecule has 2 aliphatic carbocycles. The molecule has 2 aromatic rings. The first kappa shape index (κ1) is 27.0. The van der Waals surface area contributed by atoms with Crippen molar-refractivity contribution in [1.82, 2.24) is 0 Å². The van der Waals surface area contributed by atoms with Crippen molar-refractivity contribution < 1.29 is 27.6 Å². The molecular weight excluding hydrogens is 527 g/mol. The van der Waals surface area contributed by atoms with Crippen LogP contribution in [0.15, 0.2) is 128 Å². The molecule has 0 unspecified atom stereocenters. The number of hydrogen-bond donors (Lipinski definition) is 0. The Morgan fingerprint density at radius 2 is 1.00 bits per heavy atom. The standard InChI is InChI=1S/C17H12O4.C16H9FO3/c1-20-12-9-7-11(8-10-12)16(18)15-13-5-3-2-4-6-14(13)21-17(15)19;17-11-8-6-10(7-9-11)15(18)14-12-4-2-1-3-5-13(12)20-16(14)19/h2-10H,1H3;1-9H. The van der Waals surface area contributed by atoms with Gasteiger partial charge in [-0.05, 0) is 60.7 Å². The smallest absolute Gasteiger partial charge is 0.348 e. The van der Waals surface area contributed by atoms with Crippen LogP contribution in [-0.4, -0.2) is 18.7 Å². The molecule has 0 radical (unpaired) electrons. The average molecular weight is 549 g/mol. The van der Waals surface area contributed by atoms with Gasteiger partial charge in [0.05, 0.1) is 7.11 Å². The van der Waals surface area contributed by atoms with E-state index in [2.05, 4.69) is 0 Å². The molecule has 0 atom stereocenters. The molecule has 0 saturated heterocycles. The minimum atomic E-state index is -0.680. The topological polar surface area (TPSA) is 104 Å². The van der Waals surface area contributed by atoms with E-state index in [-0.39, 0.29) is 22.5 Å². The van der Waals surface area contributed by atoms with Crippen molar-refractivity contribution in [3.05, 3.63) is 158 Å². The lowest BCUT2D eigenvalue weighted by Crippen LogP contribution is -2.11. The third kappa shape index (κ3) is 5.58. The summed E-state index contributed by atoms with van der Waals surface area (Å²) in [6.45, 7) is 0. The number of halogens is 1. The van der Waals surface area contributed by atoms with Crippen LogP contribution in [-0.2, 0) is 0 Å². The zero-order chi connectivity index (χ0) is 28.9. The van der Waals surface area contributed by atoms with Gasteiger partial charge in [0.15, 0.2) is 0 Å². The van der Waals surface area contributed by atoms with Gasteiger partial charge in [-0.3, -0.25) is 9.59 Å². The SMILES string of the molecule is COc1ccc(C(=O)c2c3cccccc-3oc2=O)cc1.O=C(c1ccc(F)cc1)c1c2cccccc-2oc1=O. The van der Waals surface area contributed by atoms with Crippen LogP contribution in [0.4, 0.5) is 4.39 Å². The number of rotatable bonds is 5. The summed E-state index contributed by atoms with van der Waals surface area (Å²) in [4.78, 5) is 48.7. The maximum atomic E-state index is 12.9. The van der Waals surface area contributed by atoms with Crippen LogP contribution in [0.3, 0.4) is 0 Å². The molecule has 0 N–H and O–H groups in total. The third-order valence-corrected chi connectivity index (χ3v) is 6.26. The van der Waals surface area contributed by atoms with Gasteiger partial charge in [-0.15, -0.1) is 0 Å². The van der Waals surface area contributed by atoms with Gasteiger partial charge >= 0.3 is 11.3 Å². The monoisotopic (exact) mass is 548 g/mol. The van der Waals surface area contributed by atoms with E-state index in [4.69, 9.17) is 13.6 Å². The zero-order valence-electron chi connectivity index (χ0n) is 21.6. The number of ketones is 2. The Balaban J connectivity index is 0.000000165. The predicted molar refractivity (Wildman–Crippen MR) is 149 cm³/mol. The van der Waals surface area contributed by atoms with Gasteiger partial charge < -0.3 is 13.6 Å². The Labute approximate surface area is 232 Å². The summed E-state index contributed by atoms with van der Waals surface area (Å²) < 4.78 is 28.2. The first-order valence-electron chi connectivity index (χ1n) is 12.4. The van der Waals surface area contributed by atoms with E-state index in [1.807, 2.05) is 6.07 Å². The summed E-state index contributed by atoms with van der Waals surface area (Å²) in [5.41, 5.74) is 0.381. The van der Waals surface area contributed by atoms with E-state index >= 15 is 0 Å². The Hall–Kier alpha value is -5.63. The number of benzene rings is 2. The first-order chi connectivity index (χ1) is 19.9. The minimum absolute atomic E-state index is 0.0252. The fourth-order valence-electron chi connectivity index (χ4n) is 4.24. The average Bonchev–Trinajstić information content (AvgIpc) is 3.22. The van der Waals surface area contributed by atoms with Crippen LogP contribution in [0.2, 0.25) is 0 Å². The second kappa shape index (κ2) is 11.6. The van der Waals surface area contributed by atoms with Crippen LogP contribution in [0, 0.1) is 5.82 Å². The van der Waals surface area contributed by atoms with Crippen molar-refractivity contribution in [1.29, 1.82) is 0 Å². The number of carbonyl (C=O) groups excluding carboxylic acids is 2. The van der Waals surface area contributed by atoms with Crippen molar-refractivity contribution in [3.8, 4) is 28.4 Å². The molecular formula is C33H21FO7. The minimum Gasteiger partial charge on any atom is -0.497 e. The summed E-state index contributed by atoms with van der Waals surface area (Å²) in [5.74, 6) is 0.143. The third-order valence-electron chi connectivity index (χ3n) is 6.26. The lowest BCUT2D eigenvalue weighted by molar-refractivity contribution is 0.102. The lowest BCUT2D eigenvalue weighted by atomic mass is 10.0. The molecule has 0 spiro atoms. The molecule has 202 valence electrons. The fourth-order valence-corrected chi connectivity index (χ4v) is 4.24. The summed E-state index contributed by atoms with van der Waals surface area (Å²) >= 11 is 0. The maximum absolute atomic E-state index is 12.9. The summed E-state index contributed by atoms with van der Waals surface area (Å²) in [7, 11) is 1.55. The molecule has 0 aromatic heterocycles. The highest BCUT2D eigenvalue weighted by molar-refractivity contribution is 6.13. The van der Waals surface area contributed by atoms with E-state index in [1.165, 1.54) is 24.3 Å². The molecule has 2 heterocycles. The van der Waals surface area contributed by atoms with E-state index in [0.717, 1.165) is 0 Å². The Morgan fingerprint density at radius 1 is 0.585 bits per heavy atom. The summed E-state index contributed by atoms with van der Waals surface area (Å²) in [5, 5.41) is 0. The van der Waals surface area contributed by atoms with Crippen LogP contribution in [0.25, 0.3) is 22.6 Å². The number of furan rings is 2. The van der Waals surface area contributed by atoms with Crippen molar-refractivity contribution >= 4 is 11.6 Å². The van der Waals surface area contributed by atoms with Gasteiger partial charge in [0.1, 0.15) is 34.2 Å². The second-order valence-electron chi connectivity index (χ2n) is 8.80. The molecule has 0 bridgehead atoms. The number of fused-ring (bicyclic) bond motifs is 2. The molecule has 6 rings (SSSR count). The molecule has 2 aliphatic heterocycles. The normalized spacial score (nSPS) is 10.6. The number of methoxy groups -OCH3 is 1. The molecule has 0 saturated carbocycles. The largest absolute Gasteiger partial charge is 0.497 e. The zero-order valence-corrected chi connectivity index (χ0v) is 21.6. The lowest BCUT2D eigenvalue weighted by Gasteiger charge is -2.01. The highest BCUT2D eigenvalue weighted by Crippen LogP contribution is 2.26. The number of carbonyl (C=O) groups is 2. The van der Waals surface area contributed by atoms with Crippen molar-refractivity contribution in [2.24, 2.45) is 0 Å². The van der Waals surface area contributed by atoms with Gasteiger partial charge in [-0.1, -0.05) is 48.5 Å². The molecule has 41 heavy (non-hydrogen) atoms. The summed E-state index contributed by atoms with van der Waals surface area (Å²) in [6.07, 6.45) is 0. The molecule has 7 nitrogen and oxygen atoms in total. The molecule has 0 amide bonds. The van der Waals surface area contributed by atoms with Gasteiger partial charge in [-0.25, -0.2) is 14.0 Å². The number of hydrogen-bond acceptors (Lipinski definition) is 7. The van der Waals surface area contributed by atoms with Crippen molar-refractivity contribution in [2.45, 2.75) is 0 Å². The van der Waals surface area contributed by atoms with Gasteiger partial charge in [0, 0.05) is 22.3 Å². The highest BCUT2D eigenvalue weighted by Gasteiger charge is 2.25. The molecule has 4 aliphatic rings. The van der Waals surface area contributed by atoms with E-state index in [9.17, 15) is 23.6 Å². The van der Waals surface area contributed by atoms with E-state index in [0.29, 0.717) is 34.0 Å². The molecule has 8 heteroatoms. The van der Waals surface area contributed by atoms with Gasteiger partial charge in [-0.2, -0.15) is 0 Å². The van der Waals surface area contributed by atoms with Gasteiger partial charge in [0.25, 0.3) is 0 Å². The van der Waals surface area contributed by atoms with Crippen LogP contribution < -0.4 is 16.0 Å². The van der Waals surface area contributed by atoms with Gasteiger partial charge in [0.2, 0.25) is 11.6 Å². The maximum Gasteiger partial charge on any atom is 0.348 e. The second-order valence-corrected chi connectivity index (χ2v) is 8.80.